The molecule has 0 unspecified atom stereocenters. The van der Waals surface area contributed by atoms with Crippen LogP contribution in [0, 0.1) is 20.8 Å². The Morgan fingerprint density at radius 1 is 1.10 bits per heavy atom. The van der Waals surface area contributed by atoms with Crippen molar-refractivity contribution >= 4 is 34.2 Å². The fraction of sp³-hybridized carbons (Fsp3) is 0.500. The van der Waals surface area contributed by atoms with E-state index in [1.165, 1.54) is 0 Å². The van der Waals surface area contributed by atoms with Gasteiger partial charge in [0.15, 0.2) is 0 Å². The maximum atomic E-state index is 13.0. The molecular weight excluding hydrogens is 394 g/mol. The molecule has 29 heavy (non-hydrogen) atoms. The van der Waals surface area contributed by atoms with Gasteiger partial charge in [0.25, 0.3) is 5.91 Å². The molecule has 158 valence electrons. The first-order valence-electron chi connectivity index (χ1n) is 9.49. The van der Waals surface area contributed by atoms with Crippen LogP contribution >= 0.6 is 11.3 Å². The number of thiophene rings is 1. The Morgan fingerprint density at radius 2 is 1.76 bits per heavy atom. The number of hydrogen-bond acceptors (Lipinski definition) is 7. The number of carbonyl (C=O) groups is 3. The number of aromatic nitrogens is 2. The van der Waals surface area contributed by atoms with Gasteiger partial charge in [-0.25, -0.2) is 9.59 Å². The number of rotatable bonds is 7. The summed E-state index contributed by atoms with van der Waals surface area (Å²) in [4.78, 5) is 38.2. The summed E-state index contributed by atoms with van der Waals surface area (Å²) in [6.07, 6.45) is -0.344. The third-order valence-corrected chi connectivity index (χ3v) is 5.48. The molecular formula is C20H27N3O5S. The zero-order valence-corrected chi connectivity index (χ0v) is 18.7. The minimum Gasteiger partial charge on any atom is -0.462 e. The minimum atomic E-state index is -0.600. The monoisotopic (exact) mass is 421 g/mol. The summed E-state index contributed by atoms with van der Waals surface area (Å²) in [5.41, 5.74) is 2.35. The van der Waals surface area contributed by atoms with Crippen LogP contribution in [0.2, 0.25) is 0 Å². The van der Waals surface area contributed by atoms with Crippen molar-refractivity contribution in [3.05, 3.63) is 33.0 Å². The summed E-state index contributed by atoms with van der Waals surface area (Å²) in [5.74, 6) is -1.53. The van der Waals surface area contributed by atoms with Crippen molar-refractivity contribution in [2.24, 2.45) is 0 Å². The van der Waals surface area contributed by atoms with Crippen molar-refractivity contribution in [1.82, 2.24) is 9.78 Å². The molecule has 0 radical (unpaired) electrons. The van der Waals surface area contributed by atoms with Crippen molar-refractivity contribution < 1.29 is 23.9 Å². The highest BCUT2D eigenvalue weighted by Crippen LogP contribution is 2.35. The summed E-state index contributed by atoms with van der Waals surface area (Å²) in [6.45, 7) is 13.2. The van der Waals surface area contributed by atoms with E-state index in [9.17, 15) is 14.4 Å². The van der Waals surface area contributed by atoms with Crippen molar-refractivity contribution in [1.29, 1.82) is 0 Å². The molecule has 0 saturated heterocycles. The molecule has 0 saturated carbocycles. The van der Waals surface area contributed by atoms with E-state index in [4.69, 9.17) is 9.47 Å². The van der Waals surface area contributed by atoms with Gasteiger partial charge in [0, 0.05) is 12.2 Å². The largest absolute Gasteiger partial charge is 0.462 e. The maximum Gasteiger partial charge on any atom is 0.348 e. The smallest absolute Gasteiger partial charge is 0.348 e. The summed E-state index contributed by atoms with van der Waals surface area (Å²) in [5, 5.41) is 7.39. The lowest BCUT2D eigenvalue weighted by atomic mass is 10.1. The van der Waals surface area contributed by atoms with Crippen LogP contribution in [-0.2, 0) is 16.0 Å². The lowest BCUT2D eigenvalue weighted by molar-refractivity contribution is 0.0379. The summed E-state index contributed by atoms with van der Waals surface area (Å²) < 4.78 is 12.1. The SMILES string of the molecule is CCOC(=O)c1sc(NC(=O)c2c(C)nn(CC)c2C)c(C(=O)OC(C)C)c1C. The molecule has 1 N–H and O–H groups in total. The van der Waals surface area contributed by atoms with Crippen LogP contribution in [0.4, 0.5) is 5.00 Å². The van der Waals surface area contributed by atoms with Gasteiger partial charge in [0.05, 0.1) is 29.5 Å². The molecule has 0 atom stereocenters. The first-order valence-corrected chi connectivity index (χ1v) is 10.3. The lowest BCUT2D eigenvalue weighted by Gasteiger charge is -2.10. The summed E-state index contributed by atoms with van der Waals surface area (Å²) >= 11 is 1.00. The van der Waals surface area contributed by atoms with Crippen LogP contribution in [0.1, 0.15) is 75.0 Å². The third kappa shape index (κ3) is 4.67. The molecule has 0 bridgehead atoms. The van der Waals surface area contributed by atoms with E-state index in [0.717, 1.165) is 17.0 Å². The molecule has 2 aromatic rings. The maximum absolute atomic E-state index is 13.0. The predicted molar refractivity (Wildman–Crippen MR) is 111 cm³/mol. The first kappa shape index (κ1) is 22.6. The highest BCUT2D eigenvalue weighted by molar-refractivity contribution is 7.18. The molecule has 0 aliphatic heterocycles. The Hall–Kier alpha value is -2.68. The minimum absolute atomic E-state index is 0.165. The average molecular weight is 422 g/mol. The van der Waals surface area contributed by atoms with Crippen molar-refractivity contribution in [2.45, 2.75) is 61.1 Å². The Morgan fingerprint density at radius 3 is 2.28 bits per heavy atom. The molecule has 8 nitrogen and oxygen atoms in total. The number of carbonyl (C=O) groups excluding carboxylic acids is 3. The Bertz CT molecular complexity index is 943. The summed E-state index contributed by atoms with van der Waals surface area (Å²) in [6, 6.07) is 0. The van der Waals surface area contributed by atoms with E-state index in [0.29, 0.717) is 23.4 Å². The van der Waals surface area contributed by atoms with Crippen LogP contribution in [0.3, 0.4) is 0 Å². The van der Waals surface area contributed by atoms with Gasteiger partial charge in [-0.05, 0) is 54.0 Å². The van der Waals surface area contributed by atoms with Crippen LogP contribution in [0.25, 0.3) is 0 Å². The molecule has 2 rings (SSSR count). The molecule has 1 amide bonds. The number of amides is 1. The van der Waals surface area contributed by atoms with Gasteiger partial charge in [0.1, 0.15) is 9.88 Å². The highest BCUT2D eigenvalue weighted by atomic mass is 32.1. The van der Waals surface area contributed by atoms with E-state index in [1.807, 2.05) is 13.8 Å². The second-order valence-electron chi connectivity index (χ2n) is 6.75. The molecule has 0 aliphatic carbocycles. The number of aryl methyl sites for hydroxylation is 2. The van der Waals surface area contributed by atoms with E-state index in [1.54, 1.807) is 39.3 Å². The first-order chi connectivity index (χ1) is 13.6. The van der Waals surface area contributed by atoms with Crippen molar-refractivity contribution in [3.8, 4) is 0 Å². The van der Waals surface area contributed by atoms with Crippen LogP contribution in [0.15, 0.2) is 0 Å². The average Bonchev–Trinajstić information content (AvgIpc) is 3.10. The molecule has 0 aliphatic rings. The molecule has 2 heterocycles. The number of anilines is 1. The van der Waals surface area contributed by atoms with Crippen molar-refractivity contribution in [3.63, 3.8) is 0 Å². The zero-order chi connectivity index (χ0) is 21.9. The highest BCUT2D eigenvalue weighted by Gasteiger charge is 2.29. The van der Waals surface area contributed by atoms with Crippen LogP contribution in [0.5, 0.6) is 0 Å². The fourth-order valence-corrected chi connectivity index (χ4v) is 4.09. The van der Waals surface area contributed by atoms with Gasteiger partial charge >= 0.3 is 11.9 Å². The van der Waals surface area contributed by atoms with Gasteiger partial charge in [-0.2, -0.15) is 5.10 Å². The van der Waals surface area contributed by atoms with E-state index >= 15 is 0 Å². The standard InChI is InChI=1S/C20H27N3O5S/c1-8-23-13(7)15(12(6)22-23)17(24)21-18-14(19(25)28-10(3)4)11(5)16(29-18)20(26)27-9-2/h10H,8-9H2,1-7H3,(H,21,24). The number of ether oxygens (including phenoxy) is 2. The molecule has 0 fully saturated rings. The van der Waals surface area contributed by atoms with Crippen LogP contribution < -0.4 is 5.32 Å². The Balaban J connectivity index is 2.49. The Labute approximate surface area is 174 Å². The topological polar surface area (TPSA) is 99.5 Å². The third-order valence-electron chi connectivity index (χ3n) is 4.29. The molecule has 0 spiro atoms. The number of nitrogens with zero attached hydrogens (tertiary/aromatic N) is 2. The Kier molecular flexibility index (Phi) is 7.18. The van der Waals surface area contributed by atoms with Crippen molar-refractivity contribution in [2.75, 3.05) is 11.9 Å². The van der Waals surface area contributed by atoms with Gasteiger partial charge in [0.2, 0.25) is 0 Å². The van der Waals surface area contributed by atoms with Gasteiger partial charge in [-0.15, -0.1) is 11.3 Å². The van der Waals surface area contributed by atoms with Gasteiger partial charge < -0.3 is 14.8 Å². The van der Waals surface area contributed by atoms with E-state index in [2.05, 4.69) is 10.4 Å². The quantitative estimate of drug-likeness (QED) is 0.681. The lowest BCUT2D eigenvalue weighted by Crippen LogP contribution is -2.18. The van der Waals surface area contributed by atoms with E-state index in [-0.39, 0.29) is 28.2 Å². The number of hydrogen-bond donors (Lipinski definition) is 1. The predicted octanol–water partition coefficient (Wildman–Crippen LogP) is 3.88. The van der Waals surface area contributed by atoms with Gasteiger partial charge in [-0.3, -0.25) is 9.48 Å². The normalized spacial score (nSPS) is 10.9. The summed E-state index contributed by atoms with van der Waals surface area (Å²) in [7, 11) is 0. The van der Waals surface area contributed by atoms with E-state index < -0.39 is 17.8 Å². The zero-order valence-electron chi connectivity index (χ0n) is 17.8. The van der Waals surface area contributed by atoms with Crippen LogP contribution in [-0.4, -0.2) is 40.3 Å². The van der Waals surface area contributed by atoms with Gasteiger partial charge in [-0.1, -0.05) is 0 Å². The molecule has 2 aromatic heterocycles. The fourth-order valence-electron chi connectivity index (χ4n) is 3.01. The number of esters is 2. The molecule has 9 heteroatoms. The second-order valence-corrected chi connectivity index (χ2v) is 7.77. The molecule has 0 aromatic carbocycles. The second kappa shape index (κ2) is 9.21. The number of nitrogens with one attached hydrogen (secondary N) is 1.